The van der Waals surface area contributed by atoms with Crippen molar-refractivity contribution in [2.75, 3.05) is 18.8 Å². The third-order valence-electron chi connectivity index (χ3n) is 3.75. The summed E-state index contributed by atoms with van der Waals surface area (Å²) in [6, 6.07) is 0. The van der Waals surface area contributed by atoms with E-state index in [2.05, 4.69) is 4.90 Å². The zero-order valence-electron chi connectivity index (χ0n) is 10.2. The summed E-state index contributed by atoms with van der Waals surface area (Å²) in [4.78, 5) is 2.29. The van der Waals surface area contributed by atoms with Crippen molar-refractivity contribution in [1.29, 1.82) is 5.41 Å². The maximum absolute atomic E-state index is 8.11. The minimum Gasteiger partial charge on any atom is -0.360 e. The van der Waals surface area contributed by atoms with Gasteiger partial charge in [0.05, 0.1) is 5.75 Å². The second-order valence-corrected chi connectivity index (χ2v) is 6.35. The molecule has 2 aliphatic rings. The highest BCUT2D eigenvalue weighted by molar-refractivity contribution is 8.00. The lowest BCUT2D eigenvalue weighted by Gasteiger charge is -2.30. The zero-order chi connectivity index (χ0) is 11.2. The Labute approximate surface area is 104 Å². The maximum atomic E-state index is 8.11. The molecule has 1 aliphatic carbocycles. The Morgan fingerprint density at radius 1 is 1.00 bits per heavy atom. The number of nitrogens with zero attached hydrogens (tertiary/aromatic N) is 1. The van der Waals surface area contributed by atoms with Crippen LogP contribution >= 0.6 is 11.8 Å². The van der Waals surface area contributed by atoms with E-state index in [4.69, 9.17) is 5.41 Å². The second-order valence-electron chi connectivity index (χ2n) is 5.07. The Morgan fingerprint density at radius 3 is 2.31 bits per heavy atom. The SMILES string of the molecule is N=C(CSC1CCCCC1)N1CCCCC1. The molecule has 0 amide bonds. The molecule has 1 saturated heterocycles. The van der Waals surface area contributed by atoms with Gasteiger partial charge in [-0.05, 0) is 32.1 Å². The van der Waals surface area contributed by atoms with E-state index in [1.165, 1.54) is 51.4 Å². The van der Waals surface area contributed by atoms with Crippen molar-refractivity contribution in [2.45, 2.75) is 56.6 Å². The van der Waals surface area contributed by atoms with Crippen molar-refractivity contribution in [3.63, 3.8) is 0 Å². The summed E-state index contributed by atoms with van der Waals surface area (Å²) in [5.41, 5.74) is 0. The van der Waals surface area contributed by atoms with Gasteiger partial charge in [-0.2, -0.15) is 11.8 Å². The molecule has 0 aromatic rings. The smallest absolute Gasteiger partial charge is 0.106 e. The molecule has 0 radical (unpaired) electrons. The first-order valence-corrected chi connectivity index (χ1v) is 7.85. The average molecular weight is 240 g/mol. The Balaban J connectivity index is 1.65. The van der Waals surface area contributed by atoms with Crippen LogP contribution in [0.4, 0.5) is 0 Å². The monoisotopic (exact) mass is 240 g/mol. The van der Waals surface area contributed by atoms with Crippen LogP contribution in [-0.2, 0) is 0 Å². The Hall–Kier alpha value is -0.180. The van der Waals surface area contributed by atoms with Gasteiger partial charge in [-0.1, -0.05) is 19.3 Å². The molecule has 1 heterocycles. The van der Waals surface area contributed by atoms with E-state index in [9.17, 15) is 0 Å². The maximum Gasteiger partial charge on any atom is 0.106 e. The fraction of sp³-hybridized carbons (Fsp3) is 0.923. The molecule has 2 fully saturated rings. The molecule has 1 saturated carbocycles. The van der Waals surface area contributed by atoms with Gasteiger partial charge in [0.15, 0.2) is 0 Å². The van der Waals surface area contributed by atoms with E-state index in [0.29, 0.717) is 0 Å². The van der Waals surface area contributed by atoms with Gasteiger partial charge in [0.1, 0.15) is 5.84 Å². The van der Waals surface area contributed by atoms with Crippen molar-refractivity contribution in [3.05, 3.63) is 0 Å². The van der Waals surface area contributed by atoms with Crippen LogP contribution in [0.25, 0.3) is 0 Å². The highest BCUT2D eigenvalue weighted by atomic mass is 32.2. The van der Waals surface area contributed by atoms with Crippen LogP contribution < -0.4 is 0 Å². The van der Waals surface area contributed by atoms with Crippen LogP contribution in [0.5, 0.6) is 0 Å². The number of nitrogens with one attached hydrogen (secondary N) is 1. The van der Waals surface area contributed by atoms with Gasteiger partial charge in [0, 0.05) is 18.3 Å². The summed E-state index contributed by atoms with van der Waals surface area (Å²) < 4.78 is 0. The Bertz CT molecular complexity index is 218. The van der Waals surface area contributed by atoms with Crippen LogP contribution in [0.1, 0.15) is 51.4 Å². The Morgan fingerprint density at radius 2 is 1.62 bits per heavy atom. The fourth-order valence-electron chi connectivity index (χ4n) is 2.68. The fourth-order valence-corrected chi connectivity index (χ4v) is 3.93. The van der Waals surface area contributed by atoms with Crippen molar-refractivity contribution >= 4 is 17.6 Å². The number of thioether (sulfide) groups is 1. The van der Waals surface area contributed by atoms with Gasteiger partial charge in [-0.3, -0.25) is 5.41 Å². The van der Waals surface area contributed by atoms with Crippen molar-refractivity contribution in [1.82, 2.24) is 4.90 Å². The molecule has 0 bridgehead atoms. The first kappa shape index (κ1) is 12.3. The average Bonchev–Trinajstić information content (AvgIpc) is 2.38. The van der Waals surface area contributed by atoms with Crippen LogP contribution in [-0.4, -0.2) is 34.8 Å². The molecule has 1 N–H and O–H groups in total. The molecule has 1 aliphatic heterocycles. The molecule has 2 rings (SSSR count). The van der Waals surface area contributed by atoms with E-state index in [1.54, 1.807) is 0 Å². The topological polar surface area (TPSA) is 27.1 Å². The molecular formula is C13H24N2S. The van der Waals surface area contributed by atoms with Crippen LogP contribution in [0, 0.1) is 5.41 Å². The van der Waals surface area contributed by atoms with E-state index in [0.717, 1.165) is 29.9 Å². The highest BCUT2D eigenvalue weighted by Crippen LogP contribution is 2.28. The van der Waals surface area contributed by atoms with E-state index in [-0.39, 0.29) is 0 Å². The summed E-state index contributed by atoms with van der Waals surface area (Å²) in [6.07, 6.45) is 11.0. The van der Waals surface area contributed by atoms with Crippen molar-refractivity contribution < 1.29 is 0 Å². The standard InChI is InChI=1S/C13H24N2S/c14-13(15-9-5-2-6-10-15)11-16-12-7-3-1-4-8-12/h12,14H,1-11H2. The van der Waals surface area contributed by atoms with Gasteiger partial charge in [0.25, 0.3) is 0 Å². The number of hydrogen-bond acceptors (Lipinski definition) is 2. The third kappa shape index (κ3) is 3.69. The number of likely N-dealkylation sites (tertiary alicyclic amines) is 1. The number of hydrogen-bond donors (Lipinski definition) is 1. The minimum atomic E-state index is 0.846. The lowest BCUT2D eigenvalue weighted by Crippen LogP contribution is -2.36. The molecule has 2 nitrogen and oxygen atoms in total. The van der Waals surface area contributed by atoms with E-state index in [1.807, 2.05) is 11.8 Å². The van der Waals surface area contributed by atoms with Gasteiger partial charge in [-0.25, -0.2) is 0 Å². The normalized spacial score (nSPS) is 23.4. The van der Waals surface area contributed by atoms with Gasteiger partial charge in [0.2, 0.25) is 0 Å². The Kier molecular flexibility index (Phi) is 5.01. The molecule has 0 atom stereocenters. The quantitative estimate of drug-likeness (QED) is 0.603. The van der Waals surface area contributed by atoms with Crippen molar-refractivity contribution in [3.8, 4) is 0 Å². The minimum absolute atomic E-state index is 0.846. The van der Waals surface area contributed by atoms with Crippen LogP contribution in [0.2, 0.25) is 0 Å². The predicted octanol–water partition coefficient (Wildman–Crippen LogP) is 3.52. The zero-order valence-corrected chi connectivity index (χ0v) is 11.0. The van der Waals surface area contributed by atoms with Gasteiger partial charge < -0.3 is 4.90 Å². The van der Waals surface area contributed by atoms with E-state index >= 15 is 0 Å². The van der Waals surface area contributed by atoms with Crippen LogP contribution in [0.15, 0.2) is 0 Å². The third-order valence-corrected chi connectivity index (χ3v) is 5.13. The number of amidine groups is 1. The summed E-state index contributed by atoms with van der Waals surface area (Å²) in [5.74, 6) is 1.83. The van der Waals surface area contributed by atoms with Crippen LogP contribution in [0.3, 0.4) is 0 Å². The molecular weight excluding hydrogens is 216 g/mol. The second kappa shape index (κ2) is 6.53. The lowest BCUT2D eigenvalue weighted by molar-refractivity contribution is 0.339. The first-order valence-electron chi connectivity index (χ1n) is 6.80. The first-order chi connectivity index (χ1) is 7.86. The molecule has 92 valence electrons. The molecule has 0 spiro atoms. The van der Waals surface area contributed by atoms with Gasteiger partial charge >= 0.3 is 0 Å². The molecule has 3 heteroatoms. The lowest BCUT2D eigenvalue weighted by atomic mass is 10.0. The summed E-state index contributed by atoms with van der Waals surface area (Å²) >= 11 is 2.03. The predicted molar refractivity (Wildman–Crippen MR) is 72.5 cm³/mol. The van der Waals surface area contributed by atoms with Crippen molar-refractivity contribution in [2.24, 2.45) is 0 Å². The summed E-state index contributed by atoms with van der Waals surface area (Å²) in [6.45, 7) is 2.26. The molecule has 0 aromatic heterocycles. The molecule has 0 unspecified atom stereocenters. The molecule has 0 aromatic carbocycles. The van der Waals surface area contributed by atoms with Gasteiger partial charge in [-0.15, -0.1) is 0 Å². The van der Waals surface area contributed by atoms with E-state index < -0.39 is 0 Å². The summed E-state index contributed by atoms with van der Waals surface area (Å²) in [5, 5.41) is 8.95. The largest absolute Gasteiger partial charge is 0.360 e. The highest BCUT2D eigenvalue weighted by Gasteiger charge is 2.17. The summed E-state index contributed by atoms with van der Waals surface area (Å²) in [7, 11) is 0. The molecule has 16 heavy (non-hydrogen) atoms. The number of piperidine rings is 1. The number of rotatable bonds is 3.